The molecule has 1 aliphatic rings. The molecule has 1 heterocycles. The molecule has 1 unspecified atom stereocenters. The quantitative estimate of drug-likeness (QED) is 0.765. The van der Waals surface area contributed by atoms with Gasteiger partial charge in [-0.05, 0) is 24.3 Å². The average Bonchev–Trinajstić information content (AvgIpc) is 2.61. The number of aromatic hydroxyl groups is 1. The number of hydrogen-bond acceptors (Lipinski definition) is 4. The second-order valence-corrected chi connectivity index (χ2v) is 3.32. The van der Waals surface area contributed by atoms with Gasteiger partial charge in [0.2, 0.25) is 0 Å². The Bertz CT molecular complexity index is 479. The molecule has 0 bridgehead atoms. The van der Waals surface area contributed by atoms with Gasteiger partial charge in [0.1, 0.15) is 5.75 Å². The van der Waals surface area contributed by atoms with E-state index >= 15 is 0 Å². The van der Waals surface area contributed by atoms with Crippen LogP contribution in [0.1, 0.15) is 5.56 Å². The summed E-state index contributed by atoms with van der Waals surface area (Å²) in [6.07, 6.45) is -7.16. The van der Waals surface area contributed by atoms with Crippen LogP contribution in [0.5, 0.6) is 5.75 Å². The Hall–Kier alpha value is -2.05. The molecule has 7 heteroatoms. The highest BCUT2D eigenvalue weighted by Crippen LogP contribution is 2.28. The molecule has 4 nitrogen and oxygen atoms in total. The molecule has 1 N–H and O–H groups in total. The summed E-state index contributed by atoms with van der Waals surface area (Å²) in [7, 11) is 0. The summed E-state index contributed by atoms with van der Waals surface area (Å²) in [5.41, 5.74) is -0.230. The van der Waals surface area contributed by atoms with E-state index in [1.165, 1.54) is 24.3 Å². The standard InChI is InChI=1S/C10H6F3NO3/c11-10(12,13)9-14-7(8(16)17-9)5-1-3-6(15)4-2-5/h1-4,9,15H. The number of phenolic OH excluding ortho intramolecular Hbond substituents is 1. The molecule has 17 heavy (non-hydrogen) atoms. The molecule has 0 aliphatic carbocycles. The van der Waals surface area contributed by atoms with E-state index in [1.54, 1.807) is 0 Å². The Balaban J connectivity index is 2.33. The van der Waals surface area contributed by atoms with Gasteiger partial charge in [-0.3, -0.25) is 0 Å². The zero-order valence-electron chi connectivity index (χ0n) is 8.23. The first kappa shape index (κ1) is 11.4. The van der Waals surface area contributed by atoms with E-state index in [1.807, 2.05) is 0 Å². The van der Waals surface area contributed by atoms with Gasteiger partial charge in [0.05, 0.1) is 0 Å². The zero-order valence-corrected chi connectivity index (χ0v) is 8.23. The maximum atomic E-state index is 12.3. The number of nitrogens with zero attached hydrogens (tertiary/aromatic N) is 1. The Labute approximate surface area is 93.3 Å². The monoisotopic (exact) mass is 245 g/mol. The van der Waals surface area contributed by atoms with Gasteiger partial charge in [0.25, 0.3) is 6.23 Å². The molecule has 1 aromatic rings. The summed E-state index contributed by atoms with van der Waals surface area (Å²) in [6, 6.07) is 5.06. The average molecular weight is 245 g/mol. The van der Waals surface area contributed by atoms with Crippen molar-refractivity contribution in [1.29, 1.82) is 0 Å². The lowest BCUT2D eigenvalue weighted by atomic mass is 10.1. The number of benzene rings is 1. The van der Waals surface area contributed by atoms with Crippen LogP contribution < -0.4 is 0 Å². The number of cyclic esters (lactones) is 1. The molecule has 0 radical (unpaired) electrons. The van der Waals surface area contributed by atoms with Crippen molar-refractivity contribution in [3.05, 3.63) is 29.8 Å². The Kier molecular flexibility index (Phi) is 2.53. The molecule has 0 amide bonds. The van der Waals surface area contributed by atoms with Gasteiger partial charge >= 0.3 is 12.1 Å². The van der Waals surface area contributed by atoms with Gasteiger partial charge in [-0.2, -0.15) is 13.2 Å². The molecule has 0 saturated heterocycles. The smallest absolute Gasteiger partial charge is 0.447 e. The Morgan fingerprint density at radius 1 is 1.24 bits per heavy atom. The Morgan fingerprint density at radius 3 is 2.29 bits per heavy atom. The van der Waals surface area contributed by atoms with Crippen molar-refractivity contribution in [1.82, 2.24) is 0 Å². The summed E-state index contributed by atoms with van der Waals surface area (Å²) >= 11 is 0. The predicted octanol–water partition coefficient (Wildman–Crippen LogP) is 1.63. The first-order chi connectivity index (χ1) is 7.88. The minimum absolute atomic E-state index is 0.0620. The van der Waals surface area contributed by atoms with Crippen LogP contribution in [0, 0.1) is 0 Å². The van der Waals surface area contributed by atoms with Crippen molar-refractivity contribution < 1.29 is 27.8 Å². The zero-order chi connectivity index (χ0) is 12.6. The van der Waals surface area contributed by atoms with Crippen LogP contribution in [0.15, 0.2) is 29.3 Å². The maximum Gasteiger partial charge on any atom is 0.447 e. The molecular formula is C10H6F3NO3. The van der Waals surface area contributed by atoms with Crippen LogP contribution in [-0.4, -0.2) is 29.2 Å². The number of aliphatic imine (C=N–C) groups is 1. The first-order valence-corrected chi connectivity index (χ1v) is 4.53. The third kappa shape index (κ3) is 2.22. The molecule has 0 spiro atoms. The number of hydrogen-bond donors (Lipinski definition) is 1. The number of carbonyl (C=O) groups is 1. The summed E-state index contributed by atoms with van der Waals surface area (Å²) in [6.45, 7) is 0. The van der Waals surface area contributed by atoms with Gasteiger partial charge in [0.15, 0.2) is 5.71 Å². The molecule has 0 aromatic heterocycles. The van der Waals surface area contributed by atoms with E-state index in [4.69, 9.17) is 5.11 Å². The topological polar surface area (TPSA) is 58.9 Å². The minimum atomic E-state index is -4.71. The van der Waals surface area contributed by atoms with Gasteiger partial charge in [-0.15, -0.1) is 0 Å². The van der Waals surface area contributed by atoms with E-state index in [0.29, 0.717) is 0 Å². The van der Waals surface area contributed by atoms with Crippen molar-refractivity contribution in [2.75, 3.05) is 0 Å². The fraction of sp³-hybridized carbons (Fsp3) is 0.200. The lowest BCUT2D eigenvalue weighted by molar-refractivity contribution is -0.210. The number of halogens is 3. The predicted molar refractivity (Wildman–Crippen MR) is 50.6 cm³/mol. The van der Waals surface area contributed by atoms with E-state index < -0.39 is 24.1 Å². The SMILES string of the molecule is O=C1OC(C(F)(F)F)N=C1c1ccc(O)cc1. The molecule has 1 atom stereocenters. The summed E-state index contributed by atoms with van der Waals surface area (Å²) in [5.74, 6) is -1.19. The number of alkyl halides is 3. The third-order valence-corrected chi connectivity index (χ3v) is 2.08. The van der Waals surface area contributed by atoms with E-state index in [-0.39, 0.29) is 11.3 Å². The number of carbonyl (C=O) groups excluding carboxylic acids is 1. The van der Waals surface area contributed by atoms with Crippen LogP contribution in [0.3, 0.4) is 0 Å². The first-order valence-electron chi connectivity index (χ1n) is 4.53. The van der Waals surface area contributed by atoms with Crippen LogP contribution in [0.25, 0.3) is 0 Å². The molecule has 1 aromatic carbocycles. The summed E-state index contributed by atoms with van der Waals surface area (Å²) in [5, 5.41) is 9.01. The lowest BCUT2D eigenvalue weighted by Gasteiger charge is -2.09. The fourth-order valence-electron chi connectivity index (χ4n) is 1.31. The summed E-state index contributed by atoms with van der Waals surface area (Å²) in [4.78, 5) is 14.4. The minimum Gasteiger partial charge on any atom is -0.508 e. The van der Waals surface area contributed by atoms with Crippen molar-refractivity contribution >= 4 is 11.7 Å². The highest BCUT2D eigenvalue weighted by molar-refractivity contribution is 6.44. The number of rotatable bonds is 1. The van der Waals surface area contributed by atoms with Gasteiger partial charge < -0.3 is 9.84 Å². The van der Waals surface area contributed by atoms with Crippen LogP contribution in [-0.2, 0) is 9.53 Å². The maximum absolute atomic E-state index is 12.3. The fourth-order valence-corrected chi connectivity index (χ4v) is 1.31. The molecule has 0 fully saturated rings. The van der Waals surface area contributed by atoms with Crippen molar-refractivity contribution in [2.24, 2.45) is 4.99 Å². The van der Waals surface area contributed by atoms with Gasteiger partial charge in [0, 0.05) is 5.56 Å². The van der Waals surface area contributed by atoms with Crippen LogP contribution in [0.4, 0.5) is 13.2 Å². The molecule has 1 aliphatic heterocycles. The van der Waals surface area contributed by atoms with Crippen molar-refractivity contribution in [3.63, 3.8) is 0 Å². The van der Waals surface area contributed by atoms with Crippen LogP contribution in [0.2, 0.25) is 0 Å². The molecule has 90 valence electrons. The van der Waals surface area contributed by atoms with Gasteiger partial charge in [-0.25, -0.2) is 9.79 Å². The molecule has 2 rings (SSSR count). The van der Waals surface area contributed by atoms with E-state index in [9.17, 15) is 18.0 Å². The largest absolute Gasteiger partial charge is 0.508 e. The van der Waals surface area contributed by atoms with Crippen LogP contribution >= 0.6 is 0 Å². The van der Waals surface area contributed by atoms with Crippen molar-refractivity contribution in [2.45, 2.75) is 12.4 Å². The van der Waals surface area contributed by atoms with E-state index in [0.717, 1.165) is 0 Å². The molecular weight excluding hydrogens is 239 g/mol. The lowest BCUT2D eigenvalue weighted by Crippen LogP contribution is -2.27. The van der Waals surface area contributed by atoms with E-state index in [2.05, 4.69) is 9.73 Å². The highest BCUT2D eigenvalue weighted by Gasteiger charge is 2.47. The molecule has 0 saturated carbocycles. The number of ether oxygens (including phenoxy) is 1. The van der Waals surface area contributed by atoms with Gasteiger partial charge in [-0.1, -0.05) is 0 Å². The second kappa shape index (κ2) is 3.76. The second-order valence-electron chi connectivity index (χ2n) is 3.32. The highest BCUT2D eigenvalue weighted by atomic mass is 19.4. The normalized spacial score (nSPS) is 20.1. The number of phenols is 1. The number of esters is 1. The Morgan fingerprint density at radius 2 is 1.82 bits per heavy atom. The third-order valence-electron chi connectivity index (χ3n) is 2.08. The summed E-state index contributed by atoms with van der Waals surface area (Å²) < 4.78 is 40.9. The van der Waals surface area contributed by atoms with Crippen molar-refractivity contribution in [3.8, 4) is 5.75 Å².